The smallest absolute Gasteiger partial charge is 0.404 e. The summed E-state index contributed by atoms with van der Waals surface area (Å²) < 4.78 is 18.3. The Morgan fingerprint density at radius 2 is 2.33 bits per heavy atom. The molecule has 0 spiro atoms. The zero-order chi connectivity index (χ0) is 11.4. The molecule has 0 saturated heterocycles. The first-order valence-electron chi connectivity index (χ1n) is 4.04. The molecule has 0 unspecified atom stereocenters. The Bertz CT molecular complexity index is 384. The molecular weight excluding hydrogens is 225 g/mol. The number of halogens is 2. The summed E-state index contributed by atoms with van der Waals surface area (Å²) in [6.45, 7) is -0.197. The average molecular weight is 234 g/mol. The van der Waals surface area contributed by atoms with Crippen molar-refractivity contribution in [2.75, 3.05) is 7.11 Å². The fourth-order valence-corrected chi connectivity index (χ4v) is 1.27. The van der Waals surface area contributed by atoms with Crippen molar-refractivity contribution < 1.29 is 19.0 Å². The number of benzene rings is 1. The third-order valence-corrected chi connectivity index (χ3v) is 2.14. The Morgan fingerprint density at radius 1 is 1.67 bits per heavy atom. The lowest BCUT2D eigenvalue weighted by molar-refractivity contribution is 0.194. The summed E-state index contributed by atoms with van der Waals surface area (Å²) in [7, 11) is 1.32. The Labute approximate surface area is 90.6 Å². The van der Waals surface area contributed by atoms with E-state index in [2.05, 4.69) is 0 Å². The van der Waals surface area contributed by atoms with Crippen molar-refractivity contribution in [2.45, 2.75) is 6.54 Å². The minimum atomic E-state index is -1.24. The molecule has 0 aromatic heterocycles. The molecule has 1 aromatic rings. The van der Waals surface area contributed by atoms with Crippen molar-refractivity contribution in [3.63, 3.8) is 0 Å². The van der Waals surface area contributed by atoms with E-state index < -0.39 is 11.9 Å². The monoisotopic (exact) mass is 233 g/mol. The highest BCUT2D eigenvalue weighted by Gasteiger charge is 2.13. The van der Waals surface area contributed by atoms with Crippen LogP contribution in [0.1, 0.15) is 5.56 Å². The molecule has 0 aliphatic heterocycles. The van der Waals surface area contributed by atoms with Crippen LogP contribution in [0.15, 0.2) is 12.1 Å². The van der Waals surface area contributed by atoms with Gasteiger partial charge in [-0.3, -0.25) is 0 Å². The van der Waals surface area contributed by atoms with E-state index in [0.717, 1.165) is 0 Å². The van der Waals surface area contributed by atoms with Gasteiger partial charge in [0.1, 0.15) is 0 Å². The first-order chi connectivity index (χ1) is 7.06. The minimum Gasteiger partial charge on any atom is -0.494 e. The zero-order valence-electron chi connectivity index (χ0n) is 7.88. The maximum atomic E-state index is 13.5. The van der Waals surface area contributed by atoms with Gasteiger partial charge >= 0.3 is 6.09 Å². The fourth-order valence-electron chi connectivity index (χ4n) is 1.06. The van der Waals surface area contributed by atoms with Crippen LogP contribution < -0.4 is 10.1 Å². The summed E-state index contributed by atoms with van der Waals surface area (Å²) in [5.41, 5.74) is 0.0680. The van der Waals surface area contributed by atoms with Crippen LogP contribution in [0.4, 0.5) is 9.18 Å². The summed E-state index contributed by atoms with van der Waals surface area (Å²) in [4.78, 5) is 10.2. The van der Waals surface area contributed by atoms with Crippen LogP contribution in [0.2, 0.25) is 5.02 Å². The Balaban J connectivity index is 2.98. The van der Waals surface area contributed by atoms with Crippen LogP contribution in [0.5, 0.6) is 5.75 Å². The molecule has 2 N–H and O–H groups in total. The molecule has 1 rings (SSSR count). The predicted octanol–water partition coefficient (Wildman–Crippen LogP) is 2.26. The molecular formula is C9H9ClFNO3. The molecule has 0 heterocycles. The number of hydrogen-bond acceptors (Lipinski definition) is 2. The normalized spacial score (nSPS) is 9.80. The molecule has 4 nitrogen and oxygen atoms in total. The van der Waals surface area contributed by atoms with Crippen molar-refractivity contribution in [2.24, 2.45) is 0 Å². The lowest BCUT2D eigenvalue weighted by Gasteiger charge is -2.09. The van der Waals surface area contributed by atoms with Gasteiger partial charge in [0.05, 0.1) is 13.7 Å². The van der Waals surface area contributed by atoms with Gasteiger partial charge in [-0.1, -0.05) is 11.6 Å². The zero-order valence-corrected chi connectivity index (χ0v) is 8.64. The quantitative estimate of drug-likeness (QED) is 0.842. The van der Waals surface area contributed by atoms with E-state index >= 15 is 0 Å². The highest BCUT2D eigenvalue weighted by atomic mass is 35.5. The summed E-state index contributed by atoms with van der Waals surface area (Å²) in [6, 6.07) is 2.82. The fraction of sp³-hybridized carbons (Fsp3) is 0.222. The lowest BCUT2D eigenvalue weighted by atomic mass is 10.2. The molecule has 0 fully saturated rings. The standard InChI is InChI=1S/C9H9ClFNO3/c1-15-7-3-2-6(10)5(8(7)11)4-12-9(13)14/h2-3,12H,4H2,1H3,(H,13,14). The van der Waals surface area contributed by atoms with Crippen LogP contribution >= 0.6 is 11.6 Å². The van der Waals surface area contributed by atoms with Gasteiger partial charge in [0.25, 0.3) is 0 Å². The Morgan fingerprint density at radius 3 is 2.87 bits per heavy atom. The largest absolute Gasteiger partial charge is 0.494 e. The molecule has 0 bridgehead atoms. The Kier molecular flexibility index (Phi) is 3.74. The molecule has 0 aliphatic carbocycles. The van der Waals surface area contributed by atoms with Crippen molar-refractivity contribution >= 4 is 17.7 Å². The highest BCUT2D eigenvalue weighted by Crippen LogP contribution is 2.26. The van der Waals surface area contributed by atoms with E-state index in [1.165, 1.54) is 19.2 Å². The number of rotatable bonds is 3. The summed E-state index contributed by atoms with van der Waals surface area (Å²) in [6.07, 6.45) is -1.24. The van der Waals surface area contributed by atoms with Crippen LogP contribution in [-0.2, 0) is 6.54 Å². The van der Waals surface area contributed by atoms with Gasteiger partial charge in [-0.15, -0.1) is 0 Å². The van der Waals surface area contributed by atoms with E-state index in [4.69, 9.17) is 21.4 Å². The number of ether oxygens (including phenoxy) is 1. The van der Waals surface area contributed by atoms with Crippen molar-refractivity contribution in [3.05, 3.63) is 28.5 Å². The molecule has 82 valence electrons. The second kappa shape index (κ2) is 4.84. The second-order valence-electron chi connectivity index (χ2n) is 2.70. The van der Waals surface area contributed by atoms with Gasteiger partial charge in [0.2, 0.25) is 0 Å². The average Bonchev–Trinajstić information content (AvgIpc) is 2.17. The van der Waals surface area contributed by atoms with Crippen LogP contribution in [-0.4, -0.2) is 18.3 Å². The summed E-state index contributed by atoms with van der Waals surface area (Å²) >= 11 is 5.71. The van der Waals surface area contributed by atoms with E-state index in [1.54, 1.807) is 0 Å². The number of methoxy groups -OCH3 is 1. The van der Waals surface area contributed by atoms with Gasteiger partial charge in [-0.25, -0.2) is 9.18 Å². The molecule has 0 atom stereocenters. The topological polar surface area (TPSA) is 58.6 Å². The predicted molar refractivity (Wildman–Crippen MR) is 52.8 cm³/mol. The molecule has 1 amide bonds. The maximum Gasteiger partial charge on any atom is 0.404 e. The third kappa shape index (κ3) is 2.73. The van der Waals surface area contributed by atoms with Gasteiger partial charge in [0, 0.05) is 10.6 Å². The van der Waals surface area contributed by atoms with Crippen molar-refractivity contribution in [1.82, 2.24) is 5.32 Å². The molecule has 0 saturated carbocycles. The van der Waals surface area contributed by atoms with E-state index in [9.17, 15) is 9.18 Å². The second-order valence-corrected chi connectivity index (χ2v) is 3.11. The summed E-state index contributed by atoms with van der Waals surface area (Å²) in [5, 5.41) is 10.6. The van der Waals surface area contributed by atoms with Gasteiger partial charge < -0.3 is 15.2 Å². The highest BCUT2D eigenvalue weighted by molar-refractivity contribution is 6.31. The molecule has 15 heavy (non-hydrogen) atoms. The number of amides is 1. The van der Waals surface area contributed by atoms with Gasteiger partial charge in [-0.2, -0.15) is 0 Å². The maximum absolute atomic E-state index is 13.5. The van der Waals surface area contributed by atoms with Gasteiger partial charge in [-0.05, 0) is 12.1 Å². The first kappa shape index (κ1) is 11.6. The SMILES string of the molecule is COc1ccc(Cl)c(CNC(=O)O)c1F. The molecule has 1 aromatic carbocycles. The van der Waals surface area contributed by atoms with E-state index in [0.29, 0.717) is 0 Å². The van der Waals surface area contributed by atoms with Crippen LogP contribution in [0.3, 0.4) is 0 Å². The lowest BCUT2D eigenvalue weighted by Crippen LogP contribution is -2.21. The number of hydrogen-bond donors (Lipinski definition) is 2. The van der Waals surface area contributed by atoms with E-state index in [1.807, 2.05) is 5.32 Å². The molecule has 0 radical (unpaired) electrons. The summed E-state index contributed by atoms with van der Waals surface area (Å²) in [5.74, 6) is -0.625. The molecule has 6 heteroatoms. The van der Waals surface area contributed by atoms with Crippen LogP contribution in [0, 0.1) is 5.82 Å². The number of nitrogens with one attached hydrogen (secondary N) is 1. The van der Waals surface area contributed by atoms with Crippen LogP contribution in [0.25, 0.3) is 0 Å². The van der Waals surface area contributed by atoms with E-state index in [-0.39, 0.29) is 22.9 Å². The van der Waals surface area contributed by atoms with Crippen molar-refractivity contribution in [3.8, 4) is 5.75 Å². The number of carbonyl (C=O) groups is 1. The third-order valence-electron chi connectivity index (χ3n) is 1.79. The number of carboxylic acid groups (broad SMARTS) is 1. The Hall–Kier alpha value is -1.49. The minimum absolute atomic E-state index is 0.0292. The van der Waals surface area contributed by atoms with Gasteiger partial charge in [0.15, 0.2) is 11.6 Å². The first-order valence-corrected chi connectivity index (χ1v) is 4.41. The van der Waals surface area contributed by atoms with Crippen molar-refractivity contribution in [1.29, 1.82) is 0 Å². The molecule has 0 aliphatic rings.